The Balaban J connectivity index is 2.01. The topological polar surface area (TPSA) is 62.7 Å². The lowest BCUT2D eigenvalue weighted by Crippen LogP contribution is -2.27. The third-order valence-electron chi connectivity index (χ3n) is 3.28. The number of hydrogen-bond donors (Lipinski definition) is 2. The Morgan fingerprint density at radius 2 is 1.62 bits per heavy atom. The Morgan fingerprint density at radius 3 is 2.23 bits per heavy atom. The van der Waals surface area contributed by atoms with E-state index >= 15 is 0 Å². The maximum atomic E-state index is 6.08. The van der Waals surface area contributed by atoms with Crippen LogP contribution in [0.1, 0.15) is 20.8 Å². The number of nitrogens with one attached hydrogen (secondary N) is 2. The van der Waals surface area contributed by atoms with Gasteiger partial charge in [0.05, 0.1) is 11.4 Å². The van der Waals surface area contributed by atoms with Gasteiger partial charge in [0.25, 0.3) is 0 Å². The number of benzene rings is 1. The highest BCUT2D eigenvalue weighted by atomic mass is 35.5. The van der Waals surface area contributed by atoms with Gasteiger partial charge < -0.3 is 10.6 Å². The second-order valence-corrected chi connectivity index (χ2v) is 7.71. The van der Waals surface area contributed by atoms with Gasteiger partial charge in [-0.2, -0.15) is 4.98 Å². The molecule has 0 aliphatic carbocycles. The highest BCUT2D eigenvalue weighted by molar-refractivity contribution is 6.35. The van der Waals surface area contributed by atoms with Crippen LogP contribution in [0.3, 0.4) is 0 Å². The van der Waals surface area contributed by atoms with Crippen LogP contribution >= 0.6 is 23.2 Å². The Hall–Kier alpha value is -2.37. The molecule has 0 bridgehead atoms. The fourth-order valence-electron chi connectivity index (χ4n) is 2.32. The fraction of sp³-hybridized carbons (Fsp3) is 0.211. The maximum absolute atomic E-state index is 6.08. The van der Waals surface area contributed by atoms with E-state index in [4.69, 9.17) is 23.2 Å². The smallest absolute Gasteiger partial charge is 0.225 e. The van der Waals surface area contributed by atoms with Gasteiger partial charge in [0.1, 0.15) is 5.82 Å². The molecule has 0 unspecified atom stereocenters. The largest absolute Gasteiger partial charge is 0.350 e. The zero-order valence-electron chi connectivity index (χ0n) is 14.7. The number of halogens is 2. The first-order valence-electron chi connectivity index (χ1n) is 8.10. The third-order valence-corrected chi connectivity index (χ3v) is 3.71. The number of hydrogen-bond acceptors (Lipinski definition) is 5. The van der Waals surface area contributed by atoms with Crippen molar-refractivity contribution in [3.8, 4) is 11.4 Å². The summed E-state index contributed by atoms with van der Waals surface area (Å²) in [5, 5.41) is 7.63. The molecule has 0 radical (unpaired) electrons. The van der Waals surface area contributed by atoms with Crippen LogP contribution in [-0.4, -0.2) is 20.5 Å². The molecule has 0 aliphatic rings. The van der Waals surface area contributed by atoms with Gasteiger partial charge in [-0.3, -0.25) is 4.98 Å². The van der Waals surface area contributed by atoms with Crippen molar-refractivity contribution in [3.05, 3.63) is 58.7 Å². The van der Waals surface area contributed by atoms with Crippen molar-refractivity contribution >= 4 is 40.7 Å². The highest BCUT2D eigenvalue weighted by Crippen LogP contribution is 2.27. The predicted molar refractivity (Wildman–Crippen MR) is 108 cm³/mol. The zero-order chi connectivity index (χ0) is 18.7. The Bertz CT molecular complexity index is 887. The van der Waals surface area contributed by atoms with Gasteiger partial charge in [0, 0.05) is 33.5 Å². The molecule has 7 heteroatoms. The van der Waals surface area contributed by atoms with E-state index in [1.165, 1.54) is 0 Å². The van der Waals surface area contributed by atoms with Crippen LogP contribution in [0, 0.1) is 0 Å². The average molecular weight is 388 g/mol. The van der Waals surface area contributed by atoms with Crippen LogP contribution in [0.2, 0.25) is 10.0 Å². The predicted octanol–water partition coefficient (Wildman–Crippen LogP) is 5.80. The number of rotatable bonds is 4. The molecule has 2 heterocycles. The molecule has 3 aromatic rings. The van der Waals surface area contributed by atoms with Gasteiger partial charge in [-0.1, -0.05) is 29.3 Å². The Labute approximate surface area is 162 Å². The molecule has 0 fully saturated rings. The second kappa shape index (κ2) is 7.48. The lowest BCUT2D eigenvalue weighted by Gasteiger charge is -2.21. The summed E-state index contributed by atoms with van der Waals surface area (Å²) in [5.41, 5.74) is 2.04. The molecule has 2 N–H and O–H groups in total. The summed E-state index contributed by atoms with van der Waals surface area (Å²) in [6, 6.07) is 12.8. The van der Waals surface area contributed by atoms with Gasteiger partial charge in [0.2, 0.25) is 5.95 Å². The first-order valence-corrected chi connectivity index (χ1v) is 8.86. The van der Waals surface area contributed by atoms with Crippen molar-refractivity contribution in [3.63, 3.8) is 0 Å². The van der Waals surface area contributed by atoms with E-state index in [9.17, 15) is 0 Å². The molecule has 2 aromatic heterocycles. The minimum Gasteiger partial charge on any atom is -0.350 e. The van der Waals surface area contributed by atoms with Crippen molar-refractivity contribution in [2.24, 2.45) is 0 Å². The standard InChI is InChI=1S/C19H19Cl2N5/c1-19(2,3)26-18-24-16(15-6-4-5-7-22-15)11-17(25-18)23-14-9-12(20)8-13(21)10-14/h4-11H,1-3H3,(H2,23,24,25,26). The molecule has 0 atom stereocenters. The summed E-state index contributed by atoms with van der Waals surface area (Å²) in [6.45, 7) is 6.15. The minimum absolute atomic E-state index is 0.181. The second-order valence-electron chi connectivity index (χ2n) is 6.84. The summed E-state index contributed by atoms with van der Waals surface area (Å²) >= 11 is 12.2. The fourth-order valence-corrected chi connectivity index (χ4v) is 2.85. The molecule has 26 heavy (non-hydrogen) atoms. The van der Waals surface area contributed by atoms with Crippen molar-refractivity contribution in [2.45, 2.75) is 26.3 Å². The van der Waals surface area contributed by atoms with E-state index in [1.54, 1.807) is 24.4 Å². The number of anilines is 3. The van der Waals surface area contributed by atoms with Gasteiger partial charge in [-0.15, -0.1) is 0 Å². The van der Waals surface area contributed by atoms with Crippen LogP contribution < -0.4 is 10.6 Å². The summed E-state index contributed by atoms with van der Waals surface area (Å²) in [6.07, 6.45) is 1.73. The van der Waals surface area contributed by atoms with E-state index in [1.807, 2.05) is 45.0 Å². The number of nitrogens with zero attached hydrogens (tertiary/aromatic N) is 3. The molecule has 0 saturated carbocycles. The van der Waals surface area contributed by atoms with Crippen molar-refractivity contribution < 1.29 is 0 Å². The van der Waals surface area contributed by atoms with Crippen LogP contribution in [0.5, 0.6) is 0 Å². The van der Waals surface area contributed by atoms with Gasteiger partial charge in [-0.25, -0.2) is 4.98 Å². The molecule has 134 valence electrons. The van der Waals surface area contributed by atoms with Crippen LogP contribution in [0.4, 0.5) is 17.5 Å². The Morgan fingerprint density at radius 1 is 0.885 bits per heavy atom. The molecule has 3 rings (SSSR count). The molecular weight excluding hydrogens is 369 g/mol. The lowest BCUT2D eigenvalue weighted by molar-refractivity contribution is 0.626. The molecule has 0 saturated heterocycles. The van der Waals surface area contributed by atoms with E-state index < -0.39 is 0 Å². The quantitative estimate of drug-likeness (QED) is 0.592. The van der Waals surface area contributed by atoms with Gasteiger partial charge >= 0.3 is 0 Å². The maximum Gasteiger partial charge on any atom is 0.225 e. The van der Waals surface area contributed by atoms with Crippen LogP contribution in [0.25, 0.3) is 11.4 Å². The first-order chi connectivity index (χ1) is 12.3. The summed E-state index contributed by atoms with van der Waals surface area (Å²) in [7, 11) is 0. The molecule has 0 spiro atoms. The summed E-state index contributed by atoms with van der Waals surface area (Å²) in [5.74, 6) is 1.13. The highest BCUT2D eigenvalue weighted by Gasteiger charge is 2.14. The Kier molecular flexibility index (Phi) is 5.30. The number of pyridine rings is 1. The van der Waals surface area contributed by atoms with E-state index in [0.717, 1.165) is 11.4 Å². The zero-order valence-corrected chi connectivity index (χ0v) is 16.2. The van der Waals surface area contributed by atoms with Gasteiger partial charge in [0.15, 0.2) is 0 Å². The molecule has 0 aliphatic heterocycles. The number of aromatic nitrogens is 3. The van der Waals surface area contributed by atoms with E-state index in [-0.39, 0.29) is 5.54 Å². The van der Waals surface area contributed by atoms with Gasteiger partial charge in [-0.05, 0) is 51.1 Å². The molecule has 0 amide bonds. The molecule has 5 nitrogen and oxygen atoms in total. The van der Waals surface area contributed by atoms with E-state index in [2.05, 4.69) is 25.6 Å². The molecule has 1 aromatic carbocycles. The van der Waals surface area contributed by atoms with Crippen molar-refractivity contribution in [1.29, 1.82) is 0 Å². The average Bonchev–Trinajstić information content (AvgIpc) is 2.53. The van der Waals surface area contributed by atoms with Crippen molar-refractivity contribution in [1.82, 2.24) is 15.0 Å². The summed E-state index contributed by atoms with van der Waals surface area (Å²) < 4.78 is 0. The van der Waals surface area contributed by atoms with Crippen molar-refractivity contribution in [2.75, 3.05) is 10.6 Å². The molecular formula is C19H19Cl2N5. The van der Waals surface area contributed by atoms with Crippen LogP contribution in [0.15, 0.2) is 48.7 Å². The minimum atomic E-state index is -0.181. The SMILES string of the molecule is CC(C)(C)Nc1nc(Nc2cc(Cl)cc(Cl)c2)cc(-c2ccccn2)n1. The first kappa shape index (κ1) is 18.4. The van der Waals surface area contributed by atoms with Crippen LogP contribution in [-0.2, 0) is 0 Å². The monoisotopic (exact) mass is 387 g/mol. The lowest BCUT2D eigenvalue weighted by atomic mass is 10.1. The normalized spacial score (nSPS) is 11.3. The third kappa shape index (κ3) is 5.07. The summed E-state index contributed by atoms with van der Waals surface area (Å²) in [4.78, 5) is 13.5. The van der Waals surface area contributed by atoms with E-state index in [0.29, 0.717) is 27.5 Å².